The summed E-state index contributed by atoms with van der Waals surface area (Å²) in [6.07, 6.45) is 0.357. The molecule has 0 aliphatic carbocycles. The summed E-state index contributed by atoms with van der Waals surface area (Å²) in [5.74, 6) is -0.467. The molecule has 0 heterocycles. The number of ether oxygens (including phenoxy) is 2. The molecule has 2 aromatic carbocycles. The van der Waals surface area contributed by atoms with E-state index in [4.69, 9.17) is 37.9 Å². The molecular weight excluding hydrogens is 365 g/mol. The SMILES string of the molecule is N#Cc1ccc(OC(=O)CCCC(=O)Oc2cccc(Cl)c2Cl)cc1. The van der Waals surface area contributed by atoms with Gasteiger partial charge in [0.1, 0.15) is 10.8 Å². The maximum Gasteiger partial charge on any atom is 0.311 e. The molecule has 0 N–H and O–H groups in total. The second-order valence-corrected chi connectivity index (χ2v) is 5.77. The van der Waals surface area contributed by atoms with E-state index in [1.165, 1.54) is 18.2 Å². The molecule has 5 nitrogen and oxygen atoms in total. The largest absolute Gasteiger partial charge is 0.427 e. The molecule has 0 amide bonds. The van der Waals surface area contributed by atoms with Crippen molar-refractivity contribution in [1.82, 2.24) is 0 Å². The molecule has 128 valence electrons. The van der Waals surface area contributed by atoms with Gasteiger partial charge in [-0.25, -0.2) is 0 Å². The minimum absolute atomic E-state index is 0.0330. The van der Waals surface area contributed by atoms with Crippen molar-refractivity contribution in [3.8, 4) is 17.6 Å². The van der Waals surface area contributed by atoms with E-state index in [-0.39, 0.29) is 35.1 Å². The zero-order chi connectivity index (χ0) is 18.2. The molecule has 0 unspecified atom stereocenters. The first kappa shape index (κ1) is 18.8. The first-order valence-electron chi connectivity index (χ1n) is 7.35. The number of halogens is 2. The van der Waals surface area contributed by atoms with Gasteiger partial charge in [0, 0.05) is 12.8 Å². The Hall–Kier alpha value is -2.55. The highest BCUT2D eigenvalue weighted by molar-refractivity contribution is 6.43. The maximum atomic E-state index is 11.8. The van der Waals surface area contributed by atoms with Gasteiger partial charge in [-0.05, 0) is 42.8 Å². The maximum absolute atomic E-state index is 11.8. The number of benzene rings is 2. The molecule has 0 bridgehead atoms. The zero-order valence-corrected chi connectivity index (χ0v) is 14.5. The number of rotatable bonds is 6. The van der Waals surface area contributed by atoms with Crippen molar-refractivity contribution in [1.29, 1.82) is 5.26 Å². The number of carbonyl (C=O) groups is 2. The summed E-state index contributed by atoms with van der Waals surface area (Å²) in [6, 6.07) is 12.9. The molecule has 0 aliphatic heterocycles. The van der Waals surface area contributed by atoms with Gasteiger partial charge in [0.25, 0.3) is 0 Å². The van der Waals surface area contributed by atoms with Gasteiger partial charge < -0.3 is 9.47 Å². The Morgan fingerprint density at radius 1 is 0.960 bits per heavy atom. The molecule has 0 atom stereocenters. The fourth-order valence-corrected chi connectivity index (χ4v) is 2.22. The fraction of sp³-hybridized carbons (Fsp3) is 0.167. The summed E-state index contributed by atoms with van der Waals surface area (Å²) in [4.78, 5) is 23.5. The highest BCUT2D eigenvalue weighted by Crippen LogP contribution is 2.31. The van der Waals surface area contributed by atoms with Gasteiger partial charge in [0.15, 0.2) is 5.75 Å². The smallest absolute Gasteiger partial charge is 0.311 e. The lowest BCUT2D eigenvalue weighted by Crippen LogP contribution is -2.11. The Kier molecular flexibility index (Phi) is 6.81. The van der Waals surface area contributed by atoms with E-state index in [0.29, 0.717) is 11.3 Å². The predicted octanol–water partition coefficient (Wildman–Crippen LogP) is 4.55. The third-order valence-electron chi connectivity index (χ3n) is 3.12. The number of esters is 2. The van der Waals surface area contributed by atoms with Crippen LogP contribution in [0.1, 0.15) is 24.8 Å². The molecule has 0 fully saturated rings. The lowest BCUT2D eigenvalue weighted by Gasteiger charge is -2.07. The highest BCUT2D eigenvalue weighted by Gasteiger charge is 2.12. The lowest BCUT2D eigenvalue weighted by atomic mass is 10.2. The third kappa shape index (κ3) is 5.79. The van der Waals surface area contributed by atoms with E-state index in [2.05, 4.69) is 0 Å². The molecule has 0 spiro atoms. The number of hydrogen-bond acceptors (Lipinski definition) is 5. The summed E-state index contributed by atoms with van der Waals surface area (Å²) in [6.45, 7) is 0. The molecule has 7 heteroatoms. The molecule has 0 radical (unpaired) electrons. The van der Waals surface area contributed by atoms with E-state index in [1.54, 1.807) is 24.3 Å². The van der Waals surface area contributed by atoms with Crippen LogP contribution in [0.5, 0.6) is 11.5 Å². The lowest BCUT2D eigenvalue weighted by molar-refractivity contribution is -0.136. The van der Waals surface area contributed by atoms with Gasteiger partial charge in [-0.3, -0.25) is 9.59 Å². The van der Waals surface area contributed by atoms with Crippen LogP contribution in [0.3, 0.4) is 0 Å². The minimum atomic E-state index is -0.518. The van der Waals surface area contributed by atoms with Gasteiger partial charge in [0.2, 0.25) is 0 Å². The monoisotopic (exact) mass is 377 g/mol. The van der Waals surface area contributed by atoms with Gasteiger partial charge in [0.05, 0.1) is 16.7 Å². The third-order valence-corrected chi connectivity index (χ3v) is 3.92. The molecular formula is C18H13Cl2NO4. The normalized spacial score (nSPS) is 9.96. The molecule has 0 saturated heterocycles. The summed E-state index contributed by atoms with van der Waals surface area (Å²) in [5.41, 5.74) is 0.474. The first-order chi connectivity index (χ1) is 12.0. The van der Waals surface area contributed by atoms with Gasteiger partial charge in [-0.15, -0.1) is 0 Å². The Labute approximate surface area is 154 Å². The second kappa shape index (κ2) is 9.07. The molecule has 25 heavy (non-hydrogen) atoms. The summed E-state index contributed by atoms with van der Waals surface area (Å²) in [7, 11) is 0. The number of nitrogens with zero attached hydrogens (tertiary/aromatic N) is 1. The Morgan fingerprint density at radius 3 is 2.24 bits per heavy atom. The topological polar surface area (TPSA) is 76.4 Å². The molecule has 0 aromatic heterocycles. The van der Waals surface area contributed by atoms with Crippen LogP contribution in [0.15, 0.2) is 42.5 Å². The van der Waals surface area contributed by atoms with Crippen molar-refractivity contribution in [2.45, 2.75) is 19.3 Å². The van der Waals surface area contributed by atoms with Crippen molar-refractivity contribution >= 4 is 35.1 Å². The van der Waals surface area contributed by atoms with Crippen LogP contribution in [0, 0.1) is 11.3 Å². The molecule has 0 aliphatic rings. The zero-order valence-electron chi connectivity index (χ0n) is 13.0. The van der Waals surface area contributed by atoms with Crippen LogP contribution in [-0.2, 0) is 9.59 Å². The van der Waals surface area contributed by atoms with Crippen molar-refractivity contribution in [2.75, 3.05) is 0 Å². The Bertz CT molecular complexity index is 813. The Balaban J connectivity index is 1.75. The fourth-order valence-electron chi connectivity index (χ4n) is 1.89. The number of carbonyl (C=O) groups excluding carboxylic acids is 2. The van der Waals surface area contributed by atoms with E-state index in [1.807, 2.05) is 6.07 Å². The van der Waals surface area contributed by atoms with Crippen LogP contribution in [0.2, 0.25) is 10.0 Å². The summed E-state index contributed by atoms with van der Waals surface area (Å²) in [5, 5.41) is 9.15. The second-order valence-electron chi connectivity index (χ2n) is 4.99. The van der Waals surface area contributed by atoms with Crippen LogP contribution >= 0.6 is 23.2 Å². The van der Waals surface area contributed by atoms with Crippen molar-refractivity contribution in [3.63, 3.8) is 0 Å². The van der Waals surface area contributed by atoms with Crippen molar-refractivity contribution in [2.24, 2.45) is 0 Å². The summed E-state index contributed by atoms with van der Waals surface area (Å²) >= 11 is 11.8. The quantitative estimate of drug-likeness (QED) is 0.545. The van der Waals surface area contributed by atoms with Gasteiger partial charge in [-0.2, -0.15) is 5.26 Å². The molecule has 2 aromatic rings. The molecule has 2 rings (SSSR count). The van der Waals surface area contributed by atoms with Crippen molar-refractivity contribution in [3.05, 3.63) is 58.1 Å². The predicted molar refractivity (Wildman–Crippen MR) is 92.7 cm³/mol. The summed E-state index contributed by atoms with van der Waals surface area (Å²) < 4.78 is 10.2. The van der Waals surface area contributed by atoms with Crippen LogP contribution in [-0.4, -0.2) is 11.9 Å². The number of hydrogen-bond donors (Lipinski definition) is 0. The van der Waals surface area contributed by atoms with E-state index < -0.39 is 11.9 Å². The van der Waals surface area contributed by atoms with E-state index >= 15 is 0 Å². The average molecular weight is 378 g/mol. The highest BCUT2D eigenvalue weighted by atomic mass is 35.5. The molecule has 0 saturated carbocycles. The van der Waals surface area contributed by atoms with Crippen LogP contribution in [0.25, 0.3) is 0 Å². The number of nitriles is 1. The van der Waals surface area contributed by atoms with E-state index in [0.717, 1.165) is 0 Å². The Morgan fingerprint density at radius 2 is 1.60 bits per heavy atom. The first-order valence-corrected chi connectivity index (χ1v) is 8.10. The standard InChI is InChI=1S/C18H13Cl2NO4/c19-14-3-1-4-15(18(14)20)25-17(23)6-2-5-16(22)24-13-9-7-12(11-21)8-10-13/h1,3-4,7-10H,2,5-6H2. The van der Waals surface area contributed by atoms with Gasteiger partial charge >= 0.3 is 11.9 Å². The van der Waals surface area contributed by atoms with Crippen molar-refractivity contribution < 1.29 is 19.1 Å². The minimum Gasteiger partial charge on any atom is -0.427 e. The van der Waals surface area contributed by atoms with E-state index in [9.17, 15) is 9.59 Å². The average Bonchev–Trinajstić information content (AvgIpc) is 2.59. The van der Waals surface area contributed by atoms with Crippen LogP contribution < -0.4 is 9.47 Å². The van der Waals surface area contributed by atoms with Crippen LogP contribution in [0.4, 0.5) is 0 Å². The van der Waals surface area contributed by atoms with Gasteiger partial charge in [-0.1, -0.05) is 29.3 Å².